The average Bonchev–Trinajstić information content (AvgIpc) is 3.13. The lowest BCUT2D eigenvalue weighted by Gasteiger charge is -2.21. The average molecular weight is 352 g/mol. The van der Waals surface area contributed by atoms with Gasteiger partial charge in [0.1, 0.15) is 12.3 Å². The molecule has 3 rings (SSSR count). The summed E-state index contributed by atoms with van der Waals surface area (Å²) in [5.74, 6) is 0.335. The fourth-order valence-electron chi connectivity index (χ4n) is 3.29. The number of rotatable bonds is 6. The summed E-state index contributed by atoms with van der Waals surface area (Å²) in [6.07, 6.45) is 3.26. The van der Waals surface area contributed by atoms with E-state index < -0.39 is 0 Å². The molecule has 0 atom stereocenters. The molecule has 0 saturated carbocycles. The Hall–Kier alpha value is -2.82. The number of carbonyl (C=O) groups excluding carboxylic acids is 2. The number of hydrogen-bond acceptors (Lipinski definition) is 3. The van der Waals surface area contributed by atoms with Crippen molar-refractivity contribution >= 4 is 17.5 Å². The minimum absolute atomic E-state index is 0.0175. The molecular weight excluding hydrogens is 328 g/mol. The fourth-order valence-corrected chi connectivity index (χ4v) is 3.29. The molecule has 136 valence electrons. The third-order valence-corrected chi connectivity index (χ3v) is 4.70. The molecule has 0 radical (unpaired) electrons. The SMILES string of the molecule is CCN(CC(=O)Nc1cccc(OC)c1)C(=O)c1ccc2c(c1)CCC2. The maximum Gasteiger partial charge on any atom is 0.254 e. The van der Waals surface area contributed by atoms with E-state index in [0.717, 1.165) is 19.3 Å². The summed E-state index contributed by atoms with van der Waals surface area (Å²) in [6, 6.07) is 13.0. The summed E-state index contributed by atoms with van der Waals surface area (Å²) in [5.41, 5.74) is 3.89. The van der Waals surface area contributed by atoms with E-state index in [-0.39, 0.29) is 18.4 Å². The second-order valence-electron chi connectivity index (χ2n) is 6.44. The zero-order valence-electron chi connectivity index (χ0n) is 15.2. The number of fused-ring (bicyclic) bond motifs is 1. The third-order valence-electron chi connectivity index (χ3n) is 4.70. The van der Waals surface area contributed by atoms with Crippen LogP contribution in [0.1, 0.15) is 34.8 Å². The Labute approximate surface area is 154 Å². The van der Waals surface area contributed by atoms with Crippen LogP contribution >= 0.6 is 0 Å². The van der Waals surface area contributed by atoms with Crippen LogP contribution in [-0.4, -0.2) is 36.9 Å². The van der Waals surface area contributed by atoms with Crippen molar-refractivity contribution in [2.24, 2.45) is 0 Å². The molecule has 5 nitrogen and oxygen atoms in total. The molecule has 5 heteroatoms. The quantitative estimate of drug-likeness (QED) is 0.868. The fraction of sp³-hybridized carbons (Fsp3) is 0.333. The molecule has 0 aromatic heterocycles. The van der Waals surface area contributed by atoms with Gasteiger partial charge in [-0.15, -0.1) is 0 Å². The first-order valence-corrected chi connectivity index (χ1v) is 8.95. The summed E-state index contributed by atoms with van der Waals surface area (Å²) in [4.78, 5) is 26.7. The molecule has 1 aliphatic carbocycles. The molecule has 2 amide bonds. The van der Waals surface area contributed by atoms with E-state index in [1.807, 2.05) is 37.3 Å². The number of anilines is 1. The van der Waals surface area contributed by atoms with Crippen molar-refractivity contribution in [1.82, 2.24) is 4.90 Å². The van der Waals surface area contributed by atoms with Gasteiger partial charge in [-0.3, -0.25) is 9.59 Å². The first-order chi connectivity index (χ1) is 12.6. The molecule has 0 aliphatic heterocycles. The van der Waals surface area contributed by atoms with Crippen molar-refractivity contribution in [3.05, 3.63) is 59.2 Å². The van der Waals surface area contributed by atoms with E-state index in [2.05, 4.69) is 5.32 Å². The zero-order chi connectivity index (χ0) is 18.5. The third kappa shape index (κ3) is 4.04. The van der Waals surface area contributed by atoms with Gasteiger partial charge in [0.2, 0.25) is 5.91 Å². The van der Waals surface area contributed by atoms with Gasteiger partial charge in [0, 0.05) is 23.9 Å². The Bertz CT molecular complexity index is 817. The Kier molecular flexibility index (Phi) is 5.56. The molecule has 2 aromatic rings. The maximum absolute atomic E-state index is 12.8. The first kappa shape index (κ1) is 18.0. The Morgan fingerprint density at radius 1 is 1.12 bits per heavy atom. The van der Waals surface area contributed by atoms with Gasteiger partial charge in [0.25, 0.3) is 5.91 Å². The minimum Gasteiger partial charge on any atom is -0.497 e. The van der Waals surface area contributed by atoms with Crippen LogP contribution in [0, 0.1) is 0 Å². The zero-order valence-corrected chi connectivity index (χ0v) is 15.2. The monoisotopic (exact) mass is 352 g/mol. The lowest BCUT2D eigenvalue weighted by molar-refractivity contribution is -0.116. The van der Waals surface area contributed by atoms with Crippen molar-refractivity contribution in [2.45, 2.75) is 26.2 Å². The molecule has 0 bridgehead atoms. The van der Waals surface area contributed by atoms with Crippen LogP contribution in [0.25, 0.3) is 0 Å². The van der Waals surface area contributed by atoms with Gasteiger partial charge in [0.15, 0.2) is 0 Å². The summed E-state index contributed by atoms with van der Waals surface area (Å²) in [5, 5.41) is 2.82. The van der Waals surface area contributed by atoms with E-state index in [1.165, 1.54) is 11.1 Å². The molecule has 2 aromatic carbocycles. The van der Waals surface area contributed by atoms with Gasteiger partial charge in [-0.05, 0) is 61.6 Å². The highest BCUT2D eigenvalue weighted by molar-refractivity contribution is 5.99. The van der Waals surface area contributed by atoms with Crippen LogP contribution in [0.4, 0.5) is 5.69 Å². The minimum atomic E-state index is -0.227. The molecule has 1 aliphatic rings. The highest BCUT2D eigenvalue weighted by atomic mass is 16.5. The van der Waals surface area contributed by atoms with Gasteiger partial charge in [-0.2, -0.15) is 0 Å². The number of carbonyl (C=O) groups is 2. The van der Waals surface area contributed by atoms with Crippen molar-refractivity contribution in [2.75, 3.05) is 25.5 Å². The summed E-state index contributed by atoms with van der Waals surface area (Å²) in [6.45, 7) is 2.37. The Morgan fingerprint density at radius 3 is 2.69 bits per heavy atom. The van der Waals surface area contributed by atoms with Crippen LogP contribution in [-0.2, 0) is 17.6 Å². The van der Waals surface area contributed by atoms with Gasteiger partial charge in [-0.25, -0.2) is 0 Å². The number of aryl methyl sites for hydroxylation is 2. The second kappa shape index (κ2) is 8.04. The van der Waals surface area contributed by atoms with Gasteiger partial charge in [0.05, 0.1) is 7.11 Å². The van der Waals surface area contributed by atoms with Crippen LogP contribution in [0.5, 0.6) is 5.75 Å². The Morgan fingerprint density at radius 2 is 1.92 bits per heavy atom. The van der Waals surface area contributed by atoms with Gasteiger partial charge < -0.3 is 15.0 Å². The smallest absolute Gasteiger partial charge is 0.254 e. The largest absolute Gasteiger partial charge is 0.497 e. The predicted octanol–water partition coefficient (Wildman–Crippen LogP) is 3.28. The maximum atomic E-state index is 12.8. The normalized spacial score (nSPS) is 12.4. The van der Waals surface area contributed by atoms with Gasteiger partial charge >= 0.3 is 0 Å². The summed E-state index contributed by atoms with van der Waals surface area (Å²) >= 11 is 0. The molecule has 0 saturated heterocycles. The lowest BCUT2D eigenvalue weighted by Crippen LogP contribution is -2.37. The standard InChI is InChI=1S/C21H24N2O3/c1-3-23(14-20(24)22-18-8-5-9-19(13-18)26-2)21(25)17-11-10-15-6-4-7-16(15)12-17/h5,8-13H,3-4,6-7,14H2,1-2H3,(H,22,24). The van der Waals surface area contributed by atoms with Crippen LogP contribution < -0.4 is 10.1 Å². The lowest BCUT2D eigenvalue weighted by atomic mass is 10.1. The number of ether oxygens (including phenoxy) is 1. The van der Waals surface area contributed by atoms with Crippen molar-refractivity contribution < 1.29 is 14.3 Å². The number of nitrogens with zero attached hydrogens (tertiary/aromatic N) is 1. The van der Waals surface area contributed by atoms with Gasteiger partial charge in [-0.1, -0.05) is 12.1 Å². The second-order valence-corrected chi connectivity index (χ2v) is 6.44. The van der Waals surface area contributed by atoms with Crippen LogP contribution in [0.2, 0.25) is 0 Å². The molecule has 1 N–H and O–H groups in total. The number of amides is 2. The highest BCUT2D eigenvalue weighted by Crippen LogP contribution is 2.23. The van der Waals surface area contributed by atoms with E-state index in [9.17, 15) is 9.59 Å². The van der Waals surface area contributed by atoms with Crippen molar-refractivity contribution in [3.8, 4) is 5.75 Å². The van der Waals surface area contributed by atoms with Crippen LogP contribution in [0.15, 0.2) is 42.5 Å². The van der Waals surface area contributed by atoms with E-state index in [1.54, 1.807) is 24.1 Å². The molecular formula is C21H24N2O3. The molecule has 0 fully saturated rings. The predicted molar refractivity (Wildman–Crippen MR) is 102 cm³/mol. The van der Waals surface area contributed by atoms with E-state index >= 15 is 0 Å². The van der Waals surface area contributed by atoms with E-state index in [0.29, 0.717) is 23.5 Å². The molecule has 0 unspecified atom stereocenters. The molecule has 26 heavy (non-hydrogen) atoms. The summed E-state index contributed by atoms with van der Waals surface area (Å²) in [7, 11) is 1.58. The highest BCUT2D eigenvalue weighted by Gasteiger charge is 2.20. The topological polar surface area (TPSA) is 58.6 Å². The van der Waals surface area contributed by atoms with Crippen LogP contribution in [0.3, 0.4) is 0 Å². The summed E-state index contributed by atoms with van der Waals surface area (Å²) < 4.78 is 5.16. The number of nitrogens with one attached hydrogen (secondary N) is 1. The van der Waals surface area contributed by atoms with Crippen molar-refractivity contribution in [3.63, 3.8) is 0 Å². The Balaban J connectivity index is 1.66. The van der Waals surface area contributed by atoms with Crippen molar-refractivity contribution in [1.29, 1.82) is 0 Å². The molecule has 0 spiro atoms. The molecule has 0 heterocycles. The number of likely N-dealkylation sites (N-methyl/N-ethyl adjacent to an activating group) is 1. The number of benzene rings is 2. The number of hydrogen-bond donors (Lipinski definition) is 1. The van der Waals surface area contributed by atoms with E-state index in [4.69, 9.17) is 4.74 Å². The number of methoxy groups -OCH3 is 1. The first-order valence-electron chi connectivity index (χ1n) is 8.95.